The van der Waals surface area contributed by atoms with E-state index in [0.717, 1.165) is 43.7 Å². The Morgan fingerprint density at radius 1 is 1.14 bits per heavy atom. The molecule has 0 amide bonds. The number of carboxylic acids is 1. The molecule has 1 heterocycles. The number of nitrogens with zero attached hydrogens (tertiary/aromatic N) is 1. The number of aliphatic carboxylic acids is 1. The van der Waals surface area contributed by atoms with E-state index in [1.165, 1.54) is 38.5 Å². The van der Waals surface area contributed by atoms with Gasteiger partial charge >= 0.3 is 5.97 Å². The van der Waals surface area contributed by atoms with Gasteiger partial charge in [0.05, 0.1) is 5.92 Å². The summed E-state index contributed by atoms with van der Waals surface area (Å²) in [6, 6.07) is 0.591. The van der Waals surface area contributed by atoms with Crippen molar-refractivity contribution in [2.45, 2.75) is 64.3 Å². The lowest BCUT2D eigenvalue weighted by Gasteiger charge is -2.61. The van der Waals surface area contributed by atoms with E-state index < -0.39 is 5.97 Å². The van der Waals surface area contributed by atoms with Gasteiger partial charge in [-0.1, -0.05) is 0 Å². The lowest BCUT2D eigenvalue weighted by molar-refractivity contribution is -0.146. The monoisotopic (exact) mass is 291 g/mol. The van der Waals surface area contributed by atoms with E-state index in [2.05, 4.69) is 11.8 Å². The van der Waals surface area contributed by atoms with Crippen molar-refractivity contribution in [3.8, 4) is 0 Å². The molecule has 5 fully saturated rings. The maximum atomic E-state index is 11.3. The average molecular weight is 291 g/mol. The number of carboxylic acid groups (broad SMARTS) is 1. The Labute approximate surface area is 128 Å². The minimum absolute atomic E-state index is 0.130. The molecule has 118 valence electrons. The highest BCUT2D eigenvalue weighted by molar-refractivity contribution is 5.70. The number of carbonyl (C=O) groups is 1. The molecular formula is C18H29NO2. The van der Waals surface area contributed by atoms with Gasteiger partial charge in [0.1, 0.15) is 0 Å². The van der Waals surface area contributed by atoms with Crippen LogP contribution in [0.3, 0.4) is 0 Å². The number of hydrogen-bond acceptors (Lipinski definition) is 2. The molecule has 3 heteroatoms. The molecule has 2 atom stereocenters. The summed E-state index contributed by atoms with van der Waals surface area (Å²) >= 11 is 0. The fourth-order valence-electron chi connectivity index (χ4n) is 6.64. The lowest BCUT2D eigenvalue weighted by Crippen LogP contribution is -2.57. The summed E-state index contributed by atoms with van der Waals surface area (Å²) in [5.41, 5.74) is 0.523. The smallest absolute Gasteiger partial charge is 0.307 e. The Balaban J connectivity index is 1.51. The van der Waals surface area contributed by atoms with Crippen LogP contribution in [0.25, 0.3) is 0 Å². The van der Waals surface area contributed by atoms with Gasteiger partial charge in [-0.25, -0.2) is 0 Å². The van der Waals surface area contributed by atoms with Crippen LogP contribution in [0.15, 0.2) is 0 Å². The topological polar surface area (TPSA) is 40.5 Å². The third-order valence-electron chi connectivity index (χ3n) is 7.32. The second kappa shape index (κ2) is 4.97. The van der Waals surface area contributed by atoms with Crippen molar-refractivity contribution in [2.75, 3.05) is 13.1 Å². The molecule has 1 saturated heterocycles. The summed E-state index contributed by atoms with van der Waals surface area (Å²) in [6.07, 6.45) is 10.7. The van der Waals surface area contributed by atoms with Crippen LogP contribution in [0, 0.1) is 29.1 Å². The van der Waals surface area contributed by atoms with Gasteiger partial charge in [-0.05, 0) is 88.0 Å². The van der Waals surface area contributed by atoms with E-state index in [1.54, 1.807) is 0 Å². The van der Waals surface area contributed by atoms with E-state index in [1.807, 2.05) is 0 Å². The van der Waals surface area contributed by atoms with E-state index in [0.29, 0.717) is 11.5 Å². The van der Waals surface area contributed by atoms with E-state index in [4.69, 9.17) is 0 Å². The number of rotatable bonds is 3. The van der Waals surface area contributed by atoms with Crippen LogP contribution in [0.2, 0.25) is 0 Å². The third-order valence-corrected chi connectivity index (χ3v) is 7.32. The zero-order valence-electron chi connectivity index (χ0n) is 13.3. The fourth-order valence-corrected chi connectivity index (χ4v) is 6.64. The summed E-state index contributed by atoms with van der Waals surface area (Å²) in [5.74, 6) is 2.24. The predicted octanol–water partition coefficient (Wildman–Crippen LogP) is 3.39. The Kier molecular flexibility index (Phi) is 3.33. The van der Waals surface area contributed by atoms with Gasteiger partial charge < -0.3 is 5.11 Å². The first kappa shape index (κ1) is 14.0. The second-order valence-electron chi connectivity index (χ2n) is 8.63. The van der Waals surface area contributed by atoms with Gasteiger partial charge in [-0.2, -0.15) is 0 Å². The minimum atomic E-state index is -0.586. The number of hydrogen-bond donors (Lipinski definition) is 1. The Morgan fingerprint density at radius 2 is 1.71 bits per heavy atom. The van der Waals surface area contributed by atoms with Crippen LogP contribution in [0.1, 0.15) is 58.3 Å². The molecule has 3 nitrogen and oxygen atoms in total. The molecule has 0 radical (unpaired) electrons. The van der Waals surface area contributed by atoms with Crippen LogP contribution in [-0.2, 0) is 4.79 Å². The average Bonchev–Trinajstić information content (AvgIpc) is 2.45. The van der Waals surface area contributed by atoms with E-state index in [9.17, 15) is 9.90 Å². The van der Waals surface area contributed by atoms with Gasteiger partial charge in [0.25, 0.3) is 0 Å². The molecule has 5 rings (SSSR count). The number of piperidine rings is 1. The first-order chi connectivity index (χ1) is 10.1. The van der Waals surface area contributed by atoms with Gasteiger partial charge in [-0.3, -0.25) is 9.69 Å². The molecule has 1 N–H and O–H groups in total. The first-order valence-electron chi connectivity index (χ1n) is 9.02. The van der Waals surface area contributed by atoms with Gasteiger partial charge in [0, 0.05) is 12.6 Å². The normalized spacial score (nSPS) is 47.5. The number of likely N-dealkylation sites (tertiary alicyclic amines) is 1. The summed E-state index contributed by atoms with van der Waals surface area (Å²) in [5, 5.41) is 9.35. The van der Waals surface area contributed by atoms with Gasteiger partial charge in [-0.15, -0.1) is 0 Å². The zero-order valence-corrected chi connectivity index (χ0v) is 13.3. The zero-order chi connectivity index (χ0) is 14.6. The predicted molar refractivity (Wildman–Crippen MR) is 82.0 cm³/mol. The SMILES string of the molecule is CC(N1CCCC(C(=O)O)C1)C12CC3CC(CC(C3)C1)C2. The molecule has 4 aliphatic carbocycles. The molecule has 0 aromatic heterocycles. The Bertz CT molecular complexity index is 398. The lowest BCUT2D eigenvalue weighted by atomic mass is 9.47. The summed E-state index contributed by atoms with van der Waals surface area (Å²) < 4.78 is 0. The van der Waals surface area contributed by atoms with Crippen LogP contribution in [0.5, 0.6) is 0 Å². The molecule has 1 aliphatic heterocycles. The molecule has 5 aliphatic rings. The van der Waals surface area contributed by atoms with Gasteiger partial charge in [0.15, 0.2) is 0 Å². The molecule has 21 heavy (non-hydrogen) atoms. The molecule has 2 unspecified atom stereocenters. The van der Waals surface area contributed by atoms with Crippen molar-refractivity contribution >= 4 is 5.97 Å². The van der Waals surface area contributed by atoms with Crippen molar-refractivity contribution in [3.05, 3.63) is 0 Å². The Morgan fingerprint density at radius 3 is 2.24 bits per heavy atom. The molecular weight excluding hydrogens is 262 g/mol. The van der Waals surface area contributed by atoms with Crippen LogP contribution in [-0.4, -0.2) is 35.1 Å². The largest absolute Gasteiger partial charge is 0.481 e. The highest BCUT2D eigenvalue weighted by atomic mass is 16.4. The van der Waals surface area contributed by atoms with Crippen molar-refractivity contribution < 1.29 is 9.90 Å². The quantitative estimate of drug-likeness (QED) is 0.866. The first-order valence-corrected chi connectivity index (χ1v) is 9.02. The molecule has 0 aromatic rings. The summed E-state index contributed by atoms with van der Waals surface area (Å²) in [6.45, 7) is 4.32. The Hall–Kier alpha value is -0.570. The van der Waals surface area contributed by atoms with Gasteiger partial charge in [0.2, 0.25) is 0 Å². The van der Waals surface area contributed by atoms with Crippen molar-refractivity contribution in [1.82, 2.24) is 4.90 Å². The maximum Gasteiger partial charge on any atom is 0.307 e. The molecule has 4 saturated carbocycles. The fraction of sp³-hybridized carbons (Fsp3) is 0.944. The molecule has 0 spiro atoms. The van der Waals surface area contributed by atoms with Crippen LogP contribution in [0.4, 0.5) is 0 Å². The molecule has 4 bridgehead atoms. The van der Waals surface area contributed by atoms with Crippen molar-refractivity contribution in [1.29, 1.82) is 0 Å². The summed E-state index contributed by atoms with van der Waals surface area (Å²) in [4.78, 5) is 13.9. The van der Waals surface area contributed by atoms with Crippen molar-refractivity contribution in [3.63, 3.8) is 0 Å². The van der Waals surface area contributed by atoms with E-state index >= 15 is 0 Å². The maximum absolute atomic E-state index is 11.3. The highest BCUT2D eigenvalue weighted by Gasteiger charge is 2.54. The summed E-state index contributed by atoms with van der Waals surface area (Å²) in [7, 11) is 0. The highest BCUT2D eigenvalue weighted by Crippen LogP contribution is 2.62. The standard InChI is InChI=1S/C18H29NO2/c1-12(19-4-2-3-16(11-19)17(20)21)18-8-13-5-14(9-18)7-15(6-13)10-18/h12-16H,2-11H2,1H3,(H,20,21). The minimum Gasteiger partial charge on any atom is -0.481 e. The van der Waals surface area contributed by atoms with E-state index in [-0.39, 0.29) is 5.92 Å². The van der Waals surface area contributed by atoms with Crippen molar-refractivity contribution in [2.24, 2.45) is 29.1 Å². The second-order valence-corrected chi connectivity index (χ2v) is 8.63. The van der Waals surface area contributed by atoms with Crippen LogP contribution >= 0.6 is 0 Å². The van der Waals surface area contributed by atoms with Crippen LogP contribution < -0.4 is 0 Å². The molecule has 0 aromatic carbocycles. The third kappa shape index (κ3) is 2.32.